The summed E-state index contributed by atoms with van der Waals surface area (Å²) in [6.07, 6.45) is 0. The minimum absolute atomic E-state index is 1.31. The summed E-state index contributed by atoms with van der Waals surface area (Å²) in [5, 5.41) is 18.7. The van der Waals surface area contributed by atoms with Crippen molar-refractivity contribution in [2.24, 2.45) is 0 Å². The average molecular weight is 559 g/mol. The van der Waals surface area contributed by atoms with Crippen LogP contribution in [0.4, 0.5) is 0 Å². The minimum atomic E-state index is 1.31. The molecule has 0 saturated heterocycles. The molecule has 206 valence electrons. The summed E-state index contributed by atoms with van der Waals surface area (Å²) in [5.74, 6) is 0. The highest BCUT2D eigenvalue weighted by Gasteiger charge is 2.06. The van der Waals surface area contributed by atoms with Gasteiger partial charge in [0, 0.05) is 0 Å². The third-order valence-electron chi connectivity index (χ3n) is 8.66. The molecule has 44 heavy (non-hydrogen) atoms. The van der Waals surface area contributed by atoms with Crippen molar-refractivity contribution in [3.63, 3.8) is 0 Å². The molecule has 0 atom stereocenters. The van der Waals surface area contributed by atoms with Crippen molar-refractivity contribution in [2.75, 3.05) is 0 Å². The van der Waals surface area contributed by atoms with E-state index in [9.17, 15) is 0 Å². The summed E-state index contributed by atoms with van der Waals surface area (Å²) in [5.41, 5.74) is 0. The summed E-state index contributed by atoms with van der Waals surface area (Å²) in [4.78, 5) is 0. The lowest BCUT2D eigenvalue weighted by atomic mass is 9.95. The third-order valence-corrected chi connectivity index (χ3v) is 8.66. The molecular weight excluding hydrogens is 528 g/mol. The second-order valence-electron chi connectivity index (χ2n) is 11.3. The van der Waals surface area contributed by atoms with Crippen molar-refractivity contribution in [3.8, 4) is 0 Å². The van der Waals surface area contributed by atoms with E-state index in [2.05, 4.69) is 182 Å². The Morgan fingerprint density at radius 3 is 0.773 bits per heavy atom. The van der Waals surface area contributed by atoms with Crippen LogP contribution in [-0.2, 0) is 0 Å². The lowest BCUT2D eigenvalue weighted by molar-refractivity contribution is 1.76. The fraction of sp³-hybridized carbons (Fsp3) is 0. The number of rotatable bonds is 0. The average Bonchev–Trinajstić information content (AvgIpc) is 3.10. The third kappa shape index (κ3) is 4.77. The van der Waals surface area contributed by atoms with Crippen molar-refractivity contribution in [3.05, 3.63) is 182 Å². The van der Waals surface area contributed by atoms with Crippen LogP contribution in [0.3, 0.4) is 0 Å². The predicted molar refractivity (Wildman–Crippen MR) is 193 cm³/mol. The van der Waals surface area contributed by atoms with E-state index in [1.165, 1.54) is 75.4 Å². The van der Waals surface area contributed by atoms with Crippen molar-refractivity contribution in [2.45, 2.75) is 0 Å². The first-order valence-electron chi connectivity index (χ1n) is 15.2. The van der Waals surface area contributed by atoms with Crippen molar-refractivity contribution >= 4 is 75.4 Å². The largest absolute Gasteiger partial charge is 0.0616 e. The maximum absolute atomic E-state index is 2.24. The predicted octanol–water partition coefficient (Wildman–Crippen LogP) is 12.6. The van der Waals surface area contributed by atoms with Crippen LogP contribution in [0.1, 0.15) is 0 Å². The van der Waals surface area contributed by atoms with Crippen molar-refractivity contribution < 1.29 is 0 Å². The Balaban J connectivity index is 0.0000000989. The summed E-state index contributed by atoms with van der Waals surface area (Å²) in [6.45, 7) is 0. The van der Waals surface area contributed by atoms with Gasteiger partial charge in [0.1, 0.15) is 0 Å². The normalized spacial score (nSPS) is 11.2. The molecule has 0 N–H and O–H groups in total. The van der Waals surface area contributed by atoms with E-state index in [0.717, 1.165) is 0 Å². The van der Waals surface area contributed by atoms with Crippen LogP contribution >= 0.6 is 0 Å². The fourth-order valence-corrected chi connectivity index (χ4v) is 6.51. The highest BCUT2D eigenvalue weighted by atomic mass is 14.1. The highest BCUT2D eigenvalue weighted by molar-refractivity contribution is 6.22. The first-order valence-corrected chi connectivity index (χ1v) is 15.2. The van der Waals surface area contributed by atoms with E-state index in [1.807, 2.05) is 0 Å². The van der Waals surface area contributed by atoms with Gasteiger partial charge in [-0.05, 0) is 87.5 Å². The van der Waals surface area contributed by atoms with Gasteiger partial charge < -0.3 is 0 Å². The molecule has 0 amide bonds. The molecule has 0 nitrogen and oxygen atoms in total. The molecule has 0 saturated carbocycles. The zero-order valence-corrected chi connectivity index (χ0v) is 24.3. The molecule has 0 heterocycles. The Morgan fingerprint density at radius 2 is 0.432 bits per heavy atom. The summed E-state index contributed by atoms with van der Waals surface area (Å²) in [6, 6.07) is 64.6. The molecule has 0 radical (unpaired) electrons. The lowest BCUT2D eigenvalue weighted by Crippen LogP contribution is -1.82. The van der Waals surface area contributed by atoms with Gasteiger partial charge in [-0.2, -0.15) is 0 Å². The van der Waals surface area contributed by atoms with Crippen LogP contribution in [0.15, 0.2) is 182 Å². The summed E-state index contributed by atoms with van der Waals surface area (Å²) in [7, 11) is 0. The summed E-state index contributed by atoms with van der Waals surface area (Å²) >= 11 is 0. The van der Waals surface area contributed by atoms with Crippen molar-refractivity contribution in [1.29, 1.82) is 0 Å². The number of benzene rings is 10. The van der Waals surface area contributed by atoms with Crippen LogP contribution in [0.2, 0.25) is 0 Å². The van der Waals surface area contributed by atoms with Gasteiger partial charge in [-0.25, -0.2) is 0 Å². The monoisotopic (exact) mass is 558 g/mol. The smallest absolute Gasteiger partial charge is 0.00268 e. The second-order valence-corrected chi connectivity index (χ2v) is 11.3. The Labute approximate surface area is 256 Å². The maximum atomic E-state index is 2.24. The Kier molecular flexibility index (Phi) is 6.59. The van der Waals surface area contributed by atoms with Crippen LogP contribution < -0.4 is 0 Å². The van der Waals surface area contributed by atoms with Crippen LogP contribution in [0, 0.1) is 0 Å². The molecule has 0 aliphatic heterocycles. The number of hydrogen-bond acceptors (Lipinski definition) is 0. The van der Waals surface area contributed by atoms with Gasteiger partial charge in [0.15, 0.2) is 0 Å². The topological polar surface area (TPSA) is 0 Å². The Hall–Kier alpha value is -5.72. The second kappa shape index (κ2) is 11.2. The van der Waals surface area contributed by atoms with E-state index >= 15 is 0 Å². The molecule has 0 unspecified atom stereocenters. The standard InChI is InChI=1S/C16H10.2C14H10/c1-3-11-7-9-13-5-2-6-14-10-8-12(4-1)15(11)16(13)14;1-3-7-13-11(5-1)9-10-12-6-2-4-8-14(12)13;1-2-6-12-10-14-8-4-3-7-13(14)9-11(12)5-1/h1-10H;2*1-10H. The molecule has 0 aliphatic carbocycles. The van der Waals surface area contributed by atoms with E-state index in [4.69, 9.17) is 0 Å². The van der Waals surface area contributed by atoms with E-state index in [0.29, 0.717) is 0 Å². The van der Waals surface area contributed by atoms with Crippen LogP contribution in [0.5, 0.6) is 0 Å². The number of fused-ring (bicyclic) bond motifs is 5. The van der Waals surface area contributed by atoms with Gasteiger partial charge in [0.2, 0.25) is 0 Å². The summed E-state index contributed by atoms with van der Waals surface area (Å²) < 4.78 is 0. The zero-order chi connectivity index (χ0) is 29.3. The zero-order valence-electron chi connectivity index (χ0n) is 24.3. The van der Waals surface area contributed by atoms with E-state index in [-0.39, 0.29) is 0 Å². The first-order chi connectivity index (χ1) is 21.8. The molecule has 0 aromatic heterocycles. The van der Waals surface area contributed by atoms with Crippen molar-refractivity contribution in [1.82, 2.24) is 0 Å². The maximum Gasteiger partial charge on any atom is -0.00268 e. The van der Waals surface area contributed by atoms with Gasteiger partial charge in [0.25, 0.3) is 0 Å². The minimum Gasteiger partial charge on any atom is -0.0616 e. The van der Waals surface area contributed by atoms with Crippen LogP contribution in [0.25, 0.3) is 75.4 Å². The van der Waals surface area contributed by atoms with Gasteiger partial charge >= 0.3 is 0 Å². The molecule has 0 spiro atoms. The Bertz CT molecular complexity index is 2250. The first kappa shape index (κ1) is 25.9. The van der Waals surface area contributed by atoms with E-state index < -0.39 is 0 Å². The van der Waals surface area contributed by atoms with Gasteiger partial charge in [-0.3, -0.25) is 0 Å². The quantitative estimate of drug-likeness (QED) is 0.128. The Morgan fingerprint density at radius 1 is 0.182 bits per heavy atom. The number of hydrogen-bond donors (Lipinski definition) is 0. The highest BCUT2D eigenvalue weighted by Crippen LogP contribution is 2.34. The molecule has 0 heteroatoms. The van der Waals surface area contributed by atoms with Gasteiger partial charge in [0.05, 0.1) is 0 Å². The molecule has 0 bridgehead atoms. The van der Waals surface area contributed by atoms with Crippen LogP contribution in [-0.4, -0.2) is 0 Å². The molecular formula is C44H30. The molecule has 0 aliphatic rings. The van der Waals surface area contributed by atoms with Gasteiger partial charge in [-0.1, -0.05) is 170 Å². The molecule has 10 aromatic carbocycles. The SMILES string of the molecule is c1cc2ccc3cccc4ccc(c1)c2c34.c1ccc2c(c1)ccc1ccccc12.c1ccc2cc3ccccc3cc2c1. The molecule has 10 aromatic rings. The molecule has 0 fully saturated rings. The molecule has 10 rings (SSSR count). The van der Waals surface area contributed by atoms with Gasteiger partial charge in [-0.15, -0.1) is 0 Å². The fourth-order valence-electron chi connectivity index (χ4n) is 6.51. The lowest BCUT2D eigenvalue weighted by Gasteiger charge is -2.09. The van der Waals surface area contributed by atoms with E-state index in [1.54, 1.807) is 0 Å².